The third kappa shape index (κ3) is 1.00. The van der Waals surface area contributed by atoms with Crippen LogP contribution in [-0.4, -0.2) is 19.0 Å². The minimum absolute atomic E-state index is 0.590. The van der Waals surface area contributed by atoms with E-state index >= 15 is 0 Å². The van der Waals surface area contributed by atoms with Gasteiger partial charge in [0.1, 0.15) is 6.61 Å². The summed E-state index contributed by atoms with van der Waals surface area (Å²) in [5.74, 6) is 6.02. The third-order valence-electron chi connectivity index (χ3n) is 0.817. The van der Waals surface area contributed by atoms with Crippen LogP contribution in [0.5, 0.6) is 0 Å². The minimum Gasteiger partial charge on any atom is -0.470 e. The smallest absolute Gasteiger partial charge is 0.263 e. The summed E-state index contributed by atoms with van der Waals surface area (Å²) in [7, 11) is 0. The molecule has 1 aliphatic heterocycles. The molecule has 0 atom stereocenters. The van der Waals surface area contributed by atoms with Gasteiger partial charge in [0, 0.05) is 0 Å². The van der Waals surface area contributed by atoms with Crippen molar-refractivity contribution in [3.63, 3.8) is 0 Å². The summed E-state index contributed by atoms with van der Waals surface area (Å²) < 4.78 is 4.97. The Hall–Kier alpha value is -0.970. The fraction of sp³-hybridized carbons (Fsp3) is 0.500. The predicted molar refractivity (Wildman–Crippen MR) is 31.7 cm³/mol. The zero-order chi connectivity index (χ0) is 5.82. The largest absolute Gasteiger partial charge is 0.470 e. The molecule has 0 aliphatic carbocycles. The summed E-state index contributed by atoms with van der Waals surface area (Å²) in [6.07, 6.45) is 0. The molecular weight excluding hydrogens is 102 g/mol. The highest BCUT2D eigenvalue weighted by Gasteiger charge is 2.00. The van der Waals surface area contributed by atoms with Gasteiger partial charge in [-0.05, 0) is 12.8 Å². The van der Waals surface area contributed by atoms with Gasteiger partial charge in [-0.25, -0.2) is 4.99 Å². The van der Waals surface area contributed by atoms with E-state index in [0.717, 1.165) is 6.54 Å². The molecule has 0 spiro atoms. The SMILES string of the molecule is CC#CC1=NCCO1. The molecule has 0 aromatic rings. The van der Waals surface area contributed by atoms with Gasteiger partial charge in [0.15, 0.2) is 0 Å². The fourth-order valence-electron chi connectivity index (χ4n) is 0.518. The first-order valence-electron chi connectivity index (χ1n) is 2.53. The molecule has 0 saturated heterocycles. The summed E-state index contributed by atoms with van der Waals surface area (Å²) in [4.78, 5) is 3.95. The van der Waals surface area contributed by atoms with Crippen LogP contribution in [0.15, 0.2) is 4.99 Å². The van der Waals surface area contributed by atoms with Gasteiger partial charge in [0.2, 0.25) is 0 Å². The summed E-state index contributed by atoms with van der Waals surface area (Å²) in [5, 5.41) is 0. The van der Waals surface area contributed by atoms with Crippen molar-refractivity contribution in [1.82, 2.24) is 0 Å². The number of ether oxygens (including phenoxy) is 1. The Morgan fingerprint density at radius 1 is 1.75 bits per heavy atom. The maximum absolute atomic E-state index is 4.97. The Morgan fingerprint density at radius 2 is 2.62 bits per heavy atom. The Morgan fingerprint density at radius 3 is 3.12 bits per heavy atom. The molecule has 1 rings (SSSR count). The van der Waals surface area contributed by atoms with E-state index in [1.807, 2.05) is 0 Å². The second kappa shape index (κ2) is 2.37. The predicted octanol–water partition coefficient (Wildman–Crippen LogP) is 0.438. The first kappa shape index (κ1) is 5.17. The van der Waals surface area contributed by atoms with Crippen molar-refractivity contribution in [2.45, 2.75) is 6.92 Å². The summed E-state index contributed by atoms with van der Waals surface area (Å²) in [5.41, 5.74) is 0. The van der Waals surface area contributed by atoms with E-state index in [9.17, 15) is 0 Å². The van der Waals surface area contributed by atoms with E-state index in [4.69, 9.17) is 4.74 Å². The fourth-order valence-corrected chi connectivity index (χ4v) is 0.518. The number of hydrogen-bond donors (Lipinski definition) is 0. The van der Waals surface area contributed by atoms with Crippen LogP contribution in [-0.2, 0) is 4.74 Å². The monoisotopic (exact) mass is 109 g/mol. The normalized spacial score (nSPS) is 15.9. The first-order chi connectivity index (χ1) is 3.93. The quantitative estimate of drug-likeness (QED) is 0.413. The minimum atomic E-state index is 0.590. The zero-order valence-corrected chi connectivity index (χ0v) is 4.77. The Balaban J connectivity index is 2.53. The Bertz CT molecular complexity index is 161. The van der Waals surface area contributed by atoms with E-state index in [-0.39, 0.29) is 0 Å². The average Bonchev–Trinajstić information content (AvgIpc) is 2.19. The van der Waals surface area contributed by atoms with Crippen LogP contribution in [0.25, 0.3) is 0 Å². The van der Waals surface area contributed by atoms with Crippen LogP contribution in [0.2, 0.25) is 0 Å². The van der Waals surface area contributed by atoms with Crippen molar-refractivity contribution >= 4 is 5.90 Å². The average molecular weight is 109 g/mol. The van der Waals surface area contributed by atoms with Crippen LogP contribution < -0.4 is 0 Å². The van der Waals surface area contributed by atoms with E-state index in [1.54, 1.807) is 6.92 Å². The zero-order valence-electron chi connectivity index (χ0n) is 4.77. The van der Waals surface area contributed by atoms with Crippen molar-refractivity contribution in [2.75, 3.05) is 13.2 Å². The molecule has 0 saturated carbocycles. The lowest BCUT2D eigenvalue weighted by Crippen LogP contribution is -1.92. The van der Waals surface area contributed by atoms with Crippen LogP contribution >= 0.6 is 0 Å². The number of rotatable bonds is 0. The topological polar surface area (TPSA) is 21.6 Å². The molecule has 1 aliphatic rings. The molecule has 0 aromatic heterocycles. The van der Waals surface area contributed by atoms with Crippen molar-refractivity contribution in [3.8, 4) is 11.8 Å². The lowest BCUT2D eigenvalue weighted by Gasteiger charge is -1.86. The van der Waals surface area contributed by atoms with Crippen LogP contribution in [0.3, 0.4) is 0 Å². The van der Waals surface area contributed by atoms with Crippen molar-refractivity contribution in [2.24, 2.45) is 4.99 Å². The highest BCUT2D eigenvalue weighted by atomic mass is 16.5. The maximum Gasteiger partial charge on any atom is 0.263 e. The van der Waals surface area contributed by atoms with Gasteiger partial charge in [0.25, 0.3) is 5.90 Å². The lowest BCUT2D eigenvalue weighted by atomic mass is 10.6. The van der Waals surface area contributed by atoms with E-state index in [1.165, 1.54) is 0 Å². The first-order valence-corrected chi connectivity index (χ1v) is 2.53. The summed E-state index contributed by atoms with van der Waals surface area (Å²) in [6.45, 7) is 3.23. The molecule has 0 bridgehead atoms. The van der Waals surface area contributed by atoms with E-state index in [2.05, 4.69) is 16.8 Å². The Labute approximate surface area is 48.6 Å². The summed E-state index contributed by atoms with van der Waals surface area (Å²) >= 11 is 0. The standard InChI is InChI=1S/C6H7NO/c1-2-3-6-7-4-5-8-6/h4-5H2,1H3. The van der Waals surface area contributed by atoms with Gasteiger partial charge in [-0.3, -0.25) is 0 Å². The van der Waals surface area contributed by atoms with E-state index in [0.29, 0.717) is 12.5 Å². The second-order valence-corrected chi connectivity index (χ2v) is 1.41. The van der Waals surface area contributed by atoms with Gasteiger partial charge in [-0.2, -0.15) is 0 Å². The van der Waals surface area contributed by atoms with Gasteiger partial charge < -0.3 is 4.74 Å². The molecule has 0 amide bonds. The molecular formula is C6H7NO. The van der Waals surface area contributed by atoms with Crippen molar-refractivity contribution in [3.05, 3.63) is 0 Å². The Kier molecular flexibility index (Phi) is 1.53. The molecule has 0 radical (unpaired) electrons. The molecule has 8 heavy (non-hydrogen) atoms. The van der Waals surface area contributed by atoms with Gasteiger partial charge >= 0.3 is 0 Å². The van der Waals surface area contributed by atoms with Crippen LogP contribution in [0.4, 0.5) is 0 Å². The number of hydrogen-bond acceptors (Lipinski definition) is 2. The maximum atomic E-state index is 4.97. The van der Waals surface area contributed by atoms with Gasteiger partial charge in [-0.15, -0.1) is 0 Å². The number of aliphatic imine (C=N–C) groups is 1. The van der Waals surface area contributed by atoms with Crippen LogP contribution in [0, 0.1) is 11.8 Å². The molecule has 42 valence electrons. The molecule has 0 fully saturated rings. The molecule has 2 heteroatoms. The highest BCUT2D eigenvalue weighted by Crippen LogP contribution is 1.90. The third-order valence-corrected chi connectivity index (χ3v) is 0.817. The molecule has 0 N–H and O–H groups in total. The molecule has 2 nitrogen and oxygen atoms in total. The highest BCUT2D eigenvalue weighted by molar-refractivity contribution is 5.94. The van der Waals surface area contributed by atoms with Crippen LogP contribution in [0.1, 0.15) is 6.92 Å². The second-order valence-electron chi connectivity index (χ2n) is 1.41. The van der Waals surface area contributed by atoms with Crippen molar-refractivity contribution in [1.29, 1.82) is 0 Å². The van der Waals surface area contributed by atoms with Gasteiger partial charge in [-0.1, -0.05) is 5.92 Å². The van der Waals surface area contributed by atoms with Gasteiger partial charge in [0.05, 0.1) is 6.54 Å². The lowest BCUT2D eigenvalue weighted by molar-refractivity contribution is 0.351. The summed E-state index contributed by atoms with van der Waals surface area (Å²) in [6, 6.07) is 0. The molecule has 1 heterocycles. The number of nitrogens with zero attached hydrogens (tertiary/aromatic N) is 1. The van der Waals surface area contributed by atoms with E-state index < -0.39 is 0 Å². The molecule has 0 aromatic carbocycles. The molecule has 0 unspecified atom stereocenters. The van der Waals surface area contributed by atoms with Crippen molar-refractivity contribution < 1.29 is 4.74 Å².